The molecule has 7 nitrogen and oxygen atoms in total. The van der Waals surface area contributed by atoms with E-state index in [0.29, 0.717) is 23.3 Å². The van der Waals surface area contributed by atoms with Crippen LogP contribution in [0.1, 0.15) is 88.7 Å². The number of amides is 2. The van der Waals surface area contributed by atoms with E-state index < -0.39 is 11.1 Å². The van der Waals surface area contributed by atoms with Gasteiger partial charge < -0.3 is 15.7 Å². The molecular formula is C24H36N4O3. The van der Waals surface area contributed by atoms with Crippen molar-refractivity contribution in [3.63, 3.8) is 0 Å². The first-order chi connectivity index (χ1) is 14.5. The van der Waals surface area contributed by atoms with E-state index in [2.05, 4.69) is 29.6 Å². The van der Waals surface area contributed by atoms with Gasteiger partial charge in [0.15, 0.2) is 0 Å². The van der Waals surface area contributed by atoms with Gasteiger partial charge in [-0.2, -0.15) is 5.10 Å². The normalized spacial score (nSPS) is 32.1. The zero-order valence-electron chi connectivity index (χ0n) is 19.3. The number of aliphatic hydroxyl groups is 1. The number of hydrogen-bond acceptors (Lipinski definition) is 4. The van der Waals surface area contributed by atoms with E-state index in [9.17, 15) is 14.7 Å². The molecule has 4 aliphatic rings. The number of hydrogen-bond donors (Lipinski definition) is 3. The van der Waals surface area contributed by atoms with Crippen LogP contribution in [0.4, 0.5) is 0 Å². The van der Waals surface area contributed by atoms with Gasteiger partial charge in [-0.15, -0.1) is 0 Å². The van der Waals surface area contributed by atoms with E-state index in [1.54, 1.807) is 10.9 Å². The van der Waals surface area contributed by atoms with Crippen molar-refractivity contribution in [1.82, 2.24) is 20.4 Å². The smallest absolute Gasteiger partial charge is 0.255 e. The lowest BCUT2D eigenvalue weighted by atomic mass is 9.52. The number of carbonyl (C=O) groups excluding carboxylic acids is 2. The topological polar surface area (TPSA) is 96.2 Å². The van der Waals surface area contributed by atoms with E-state index in [-0.39, 0.29) is 23.8 Å². The third-order valence-electron chi connectivity index (χ3n) is 7.29. The van der Waals surface area contributed by atoms with Gasteiger partial charge in [-0.3, -0.25) is 9.59 Å². The van der Waals surface area contributed by atoms with Gasteiger partial charge >= 0.3 is 0 Å². The van der Waals surface area contributed by atoms with Gasteiger partial charge in [0.2, 0.25) is 5.91 Å². The van der Waals surface area contributed by atoms with Gasteiger partial charge in [-0.05, 0) is 75.7 Å². The summed E-state index contributed by atoms with van der Waals surface area (Å²) >= 11 is 0. The van der Waals surface area contributed by atoms with Crippen molar-refractivity contribution in [3.05, 3.63) is 23.5 Å². The van der Waals surface area contributed by atoms with Gasteiger partial charge in [0.25, 0.3) is 5.91 Å². The average molecular weight is 429 g/mol. The lowest BCUT2D eigenvalue weighted by Crippen LogP contribution is -2.61. The Balaban J connectivity index is 1.52. The number of nitrogens with zero attached hydrogens (tertiary/aromatic N) is 2. The summed E-state index contributed by atoms with van der Waals surface area (Å²) in [6.45, 7) is 9.42. The van der Waals surface area contributed by atoms with Crippen LogP contribution in [0.15, 0.2) is 12.3 Å². The molecular weight excluding hydrogens is 392 g/mol. The first-order valence-electron chi connectivity index (χ1n) is 11.5. The standard InChI is InChI=1S/C24H36N4O3/c1-14(2)21-19(13-25-28(21)7-6-23(4,5)27-15(3)29)22(30)26-20-17-8-16-9-18(20)12-24(31,10-16)11-17/h6-7,13-14,16-18,20,31H,8-12H2,1-5H3,(H,26,30)(H,27,29). The van der Waals surface area contributed by atoms with E-state index in [4.69, 9.17) is 0 Å². The van der Waals surface area contributed by atoms with Crippen molar-refractivity contribution in [2.45, 2.75) is 89.8 Å². The van der Waals surface area contributed by atoms with Gasteiger partial charge in [-0.25, -0.2) is 4.68 Å². The lowest BCUT2D eigenvalue weighted by Gasteiger charge is -2.58. The maximum atomic E-state index is 13.3. The first-order valence-corrected chi connectivity index (χ1v) is 11.5. The molecule has 1 aromatic rings. The van der Waals surface area contributed by atoms with Crippen LogP contribution in [-0.2, 0) is 4.79 Å². The first kappa shape index (κ1) is 22.1. The second-order valence-corrected chi connectivity index (χ2v) is 11.0. The minimum atomic E-state index is -0.519. The molecule has 2 atom stereocenters. The van der Waals surface area contributed by atoms with Crippen LogP contribution in [0, 0.1) is 17.8 Å². The van der Waals surface area contributed by atoms with Crippen LogP contribution in [0.3, 0.4) is 0 Å². The van der Waals surface area contributed by atoms with Gasteiger partial charge in [0, 0.05) is 19.2 Å². The predicted octanol–water partition coefficient (Wildman–Crippen LogP) is 3.06. The molecule has 31 heavy (non-hydrogen) atoms. The molecule has 1 heterocycles. The summed E-state index contributed by atoms with van der Waals surface area (Å²) in [5.74, 6) is 1.29. The second-order valence-electron chi connectivity index (χ2n) is 11.0. The van der Waals surface area contributed by atoms with Crippen LogP contribution in [0.5, 0.6) is 0 Å². The molecule has 4 fully saturated rings. The second kappa shape index (κ2) is 7.76. The quantitative estimate of drug-likeness (QED) is 0.649. The zero-order chi connectivity index (χ0) is 22.6. The highest BCUT2D eigenvalue weighted by Gasteiger charge is 2.55. The summed E-state index contributed by atoms with van der Waals surface area (Å²) in [7, 11) is 0. The molecule has 0 spiro atoms. The monoisotopic (exact) mass is 428 g/mol. The maximum Gasteiger partial charge on any atom is 0.255 e. The molecule has 0 aliphatic heterocycles. The molecule has 4 saturated carbocycles. The molecule has 1 aromatic heterocycles. The zero-order valence-corrected chi connectivity index (χ0v) is 19.3. The summed E-state index contributed by atoms with van der Waals surface area (Å²) < 4.78 is 1.74. The fraction of sp³-hybridized carbons (Fsp3) is 0.708. The molecule has 0 aromatic carbocycles. The maximum absolute atomic E-state index is 13.3. The van der Waals surface area contributed by atoms with Crippen molar-refractivity contribution < 1.29 is 14.7 Å². The Morgan fingerprint density at radius 1 is 1.26 bits per heavy atom. The summed E-state index contributed by atoms with van der Waals surface area (Å²) in [4.78, 5) is 24.7. The highest BCUT2D eigenvalue weighted by molar-refractivity contribution is 5.95. The Morgan fingerprint density at radius 3 is 2.45 bits per heavy atom. The highest BCUT2D eigenvalue weighted by Crippen LogP contribution is 2.55. The third-order valence-corrected chi connectivity index (χ3v) is 7.29. The molecule has 7 heteroatoms. The van der Waals surface area contributed by atoms with Crippen molar-refractivity contribution >= 4 is 18.0 Å². The summed E-state index contributed by atoms with van der Waals surface area (Å²) in [6.07, 6.45) is 10.1. The van der Waals surface area contributed by atoms with E-state index >= 15 is 0 Å². The highest BCUT2D eigenvalue weighted by atomic mass is 16.3. The van der Waals surface area contributed by atoms with Crippen molar-refractivity contribution in [2.24, 2.45) is 17.8 Å². The van der Waals surface area contributed by atoms with Crippen LogP contribution in [-0.4, -0.2) is 43.9 Å². The van der Waals surface area contributed by atoms with E-state index in [0.717, 1.165) is 37.8 Å². The lowest BCUT2D eigenvalue weighted by molar-refractivity contribution is -0.136. The number of rotatable bonds is 6. The Kier molecular flexibility index (Phi) is 5.53. The molecule has 2 unspecified atom stereocenters. The van der Waals surface area contributed by atoms with Crippen LogP contribution in [0.2, 0.25) is 0 Å². The van der Waals surface area contributed by atoms with Crippen LogP contribution < -0.4 is 10.6 Å². The van der Waals surface area contributed by atoms with Crippen molar-refractivity contribution in [2.75, 3.05) is 0 Å². The molecule has 4 aliphatic carbocycles. The van der Waals surface area contributed by atoms with E-state index in [1.165, 1.54) is 6.92 Å². The predicted molar refractivity (Wildman–Crippen MR) is 119 cm³/mol. The molecule has 5 rings (SSSR count). The van der Waals surface area contributed by atoms with Crippen LogP contribution in [0.25, 0.3) is 6.20 Å². The molecule has 4 bridgehead atoms. The van der Waals surface area contributed by atoms with Gasteiger partial charge in [0.1, 0.15) is 0 Å². The molecule has 2 amide bonds. The fourth-order valence-corrected chi connectivity index (χ4v) is 6.44. The molecule has 0 saturated heterocycles. The molecule has 0 radical (unpaired) electrons. The van der Waals surface area contributed by atoms with E-state index in [1.807, 2.05) is 26.1 Å². The van der Waals surface area contributed by atoms with Crippen molar-refractivity contribution in [1.29, 1.82) is 0 Å². The van der Waals surface area contributed by atoms with Crippen molar-refractivity contribution in [3.8, 4) is 0 Å². The summed E-state index contributed by atoms with van der Waals surface area (Å²) in [6, 6.07) is 0.141. The minimum Gasteiger partial charge on any atom is -0.390 e. The Morgan fingerprint density at radius 2 is 1.90 bits per heavy atom. The minimum absolute atomic E-state index is 0.0751. The number of aromatic nitrogens is 2. The Hall–Kier alpha value is -2.15. The third kappa shape index (κ3) is 4.43. The Bertz CT molecular complexity index is 885. The SMILES string of the molecule is CC(=O)NC(C)(C)C=Cn1ncc(C(=O)NC2C3CC4CC2CC(O)(C4)C3)c1C(C)C. The fourth-order valence-electron chi connectivity index (χ4n) is 6.44. The largest absolute Gasteiger partial charge is 0.390 e. The average Bonchev–Trinajstić information content (AvgIpc) is 3.05. The van der Waals surface area contributed by atoms with Crippen LogP contribution >= 0.6 is 0 Å². The van der Waals surface area contributed by atoms with Gasteiger partial charge in [-0.1, -0.05) is 13.8 Å². The number of carbonyl (C=O) groups is 2. The van der Waals surface area contributed by atoms with Gasteiger partial charge in [0.05, 0.1) is 28.6 Å². The molecule has 3 N–H and O–H groups in total. The summed E-state index contributed by atoms with van der Waals surface area (Å²) in [5.41, 5.74) is 0.436. The molecule has 170 valence electrons. The Labute approximate surface area is 184 Å². The summed E-state index contributed by atoms with van der Waals surface area (Å²) in [5, 5.41) is 21.5. The number of nitrogens with one attached hydrogen (secondary N) is 2.